The number of hydrogen-bond acceptors (Lipinski definition) is 9. The second-order valence-electron chi connectivity index (χ2n) is 12.1. The van der Waals surface area contributed by atoms with Crippen LogP contribution >= 0.6 is 0 Å². The maximum Gasteiger partial charge on any atom is 0.319 e. The van der Waals surface area contributed by atoms with Crippen LogP contribution < -0.4 is 10.1 Å². The first-order valence-electron chi connectivity index (χ1n) is 14.9. The lowest BCUT2D eigenvalue weighted by Crippen LogP contribution is -2.43. The van der Waals surface area contributed by atoms with Gasteiger partial charge in [-0.05, 0) is 66.8 Å². The monoisotopic (exact) mass is 627 g/mol. The van der Waals surface area contributed by atoms with E-state index < -0.39 is 39.2 Å². The number of rotatable bonds is 7. The van der Waals surface area contributed by atoms with Gasteiger partial charge in [-0.3, -0.25) is 9.88 Å². The van der Waals surface area contributed by atoms with Crippen LogP contribution in [0, 0.1) is 11.6 Å². The minimum atomic E-state index is -3.22. The largest absolute Gasteiger partial charge is 0.508 e. The third-order valence-corrected chi connectivity index (χ3v) is 11.0. The van der Waals surface area contributed by atoms with Gasteiger partial charge in [0.15, 0.2) is 15.7 Å². The standard InChI is InChI=1S/C31H32F3N5O4S/c1-2-21-24(33)5-4-17-10-20(40)11-22(25(17)21)27-26(34)28-23(13-35-27)29(36-19-6-9-44(41,42)15-19)38-30(37-28)43-16-31-7-3-8-39(31)14-18(32)12-31/h4-5,10-11,13,18-19,40H,2-3,6-9,12,14-16H2,1H3,(H,36,37,38)/t18-,19?,31?/m1/s1. The van der Waals surface area contributed by atoms with Gasteiger partial charge < -0.3 is 15.2 Å². The van der Waals surface area contributed by atoms with Crippen molar-refractivity contribution in [1.29, 1.82) is 0 Å². The Morgan fingerprint density at radius 3 is 2.84 bits per heavy atom. The minimum Gasteiger partial charge on any atom is -0.508 e. The summed E-state index contributed by atoms with van der Waals surface area (Å²) in [6, 6.07) is 5.08. The van der Waals surface area contributed by atoms with Crippen molar-refractivity contribution in [3.8, 4) is 23.0 Å². The van der Waals surface area contributed by atoms with Crippen LogP contribution in [0.15, 0.2) is 30.5 Å². The number of phenolic OH excluding ortho intramolecular Hbond substituents is 1. The molecule has 0 saturated carbocycles. The first-order valence-corrected chi connectivity index (χ1v) is 16.7. The fourth-order valence-corrected chi connectivity index (χ4v) is 8.85. The van der Waals surface area contributed by atoms with Gasteiger partial charge in [0.1, 0.15) is 41.4 Å². The van der Waals surface area contributed by atoms with Gasteiger partial charge >= 0.3 is 6.01 Å². The number of halogens is 3. The molecule has 5 heterocycles. The highest BCUT2D eigenvalue weighted by atomic mass is 32.2. The number of fused-ring (bicyclic) bond motifs is 3. The summed E-state index contributed by atoms with van der Waals surface area (Å²) in [6.45, 7) is 3.02. The predicted molar refractivity (Wildman–Crippen MR) is 160 cm³/mol. The van der Waals surface area contributed by atoms with Gasteiger partial charge in [-0.2, -0.15) is 9.97 Å². The normalized spacial score (nSPS) is 24.7. The highest BCUT2D eigenvalue weighted by Crippen LogP contribution is 2.41. The van der Waals surface area contributed by atoms with Gasteiger partial charge in [-0.25, -0.2) is 21.6 Å². The molecular formula is C31H32F3N5O4S. The average molecular weight is 628 g/mol. The lowest BCUT2D eigenvalue weighted by molar-refractivity contribution is 0.107. The number of benzene rings is 2. The van der Waals surface area contributed by atoms with Crippen molar-refractivity contribution < 1.29 is 31.4 Å². The maximum atomic E-state index is 16.6. The second-order valence-corrected chi connectivity index (χ2v) is 14.3. The van der Waals surface area contributed by atoms with E-state index >= 15 is 4.39 Å². The van der Waals surface area contributed by atoms with E-state index in [0.29, 0.717) is 42.1 Å². The molecule has 7 rings (SSSR count). The molecule has 3 fully saturated rings. The molecule has 3 atom stereocenters. The Labute approximate surface area is 252 Å². The molecule has 0 amide bonds. The zero-order valence-electron chi connectivity index (χ0n) is 24.1. The highest BCUT2D eigenvalue weighted by molar-refractivity contribution is 7.91. The van der Waals surface area contributed by atoms with Crippen molar-refractivity contribution in [3.63, 3.8) is 0 Å². The molecule has 44 heavy (non-hydrogen) atoms. The molecule has 4 aromatic rings. The Bertz CT molecular complexity index is 1910. The molecule has 9 nitrogen and oxygen atoms in total. The average Bonchev–Trinajstić information content (AvgIpc) is 3.62. The first-order chi connectivity index (χ1) is 21.1. The number of hydrogen-bond donors (Lipinski definition) is 2. The van der Waals surface area contributed by atoms with Crippen LogP contribution in [0.5, 0.6) is 11.8 Å². The molecule has 3 aliphatic heterocycles. The molecule has 3 aliphatic rings. The number of aromatic nitrogens is 3. The maximum absolute atomic E-state index is 16.6. The summed E-state index contributed by atoms with van der Waals surface area (Å²) in [4.78, 5) is 15.4. The molecule has 232 valence electrons. The Morgan fingerprint density at radius 2 is 2.07 bits per heavy atom. The summed E-state index contributed by atoms with van der Waals surface area (Å²) in [5, 5.41) is 14.8. The van der Waals surface area contributed by atoms with Crippen molar-refractivity contribution in [3.05, 3.63) is 47.7 Å². The Hall–Kier alpha value is -3.71. The summed E-state index contributed by atoms with van der Waals surface area (Å²) >= 11 is 0. The Balaban J connectivity index is 1.35. The van der Waals surface area contributed by atoms with E-state index in [9.17, 15) is 22.3 Å². The summed E-state index contributed by atoms with van der Waals surface area (Å²) in [6.07, 6.45) is 3.11. The zero-order valence-corrected chi connectivity index (χ0v) is 24.9. The molecule has 2 N–H and O–H groups in total. The molecular weight excluding hydrogens is 595 g/mol. The van der Waals surface area contributed by atoms with E-state index in [4.69, 9.17) is 4.74 Å². The van der Waals surface area contributed by atoms with E-state index in [-0.39, 0.29) is 57.9 Å². The van der Waals surface area contributed by atoms with E-state index in [2.05, 4.69) is 25.2 Å². The van der Waals surface area contributed by atoms with Crippen molar-refractivity contribution in [2.24, 2.45) is 0 Å². The van der Waals surface area contributed by atoms with Crippen molar-refractivity contribution >= 4 is 37.3 Å². The number of anilines is 1. The molecule has 2 aromatic carbocycles. The number of sulfone groups is 1. The molecule has 0 bridgehead atoms. The number of ether oxygens (including phenoxy) is 1. The number of alkyl halides is 1. The molecule has 0 radical (unpaired) electrons. The van der Waals surface area contributed by atoms with E-state index in [0.717, 1.165) is 19.4 Å². The van der Waals surface area contributed by atoms with Crippen molar-refractivity contribution in [2.45, 2.75) is 56.8 Å². The molecule has 0 aliphatic carbocycles. The Morgan fingerprint density at radius 1 is 1.23 bits per heavy atom. The van der Waals surface area contributed by atoms with Gasteiger partial charge in [0.05, 0.1) is 22.4 Å². The third kappa shape index (κ3) is 4.99. The number of aryl methyl sites for hydroxylation is 1. The summed E-state index contributed by atoms with van der Waals surface area (Å²) in [5.41, 5.74) is -0.209. The number of phenols is 1. The van der Waals surface area contributed by atoms with Crippen LogP contribution in [-0.2, 0) is 16.3 Å². The SMILES string of the molecule is CCc1c(F)ccc2cc(O)cc(-c3ncc4c(NC5CCS(=O)(=O)C5)nc(OCC56CCCN5C[C@H](F)C6)nc4c3F)c12. The topological polar surface area (TPSA) is 118 Å². The van der Waals surface area contributed by atoms with Crippen LogP contribution in [-0.4, -0.2) is 82.3 Å². The molecule has 0 spiro atoms. The van der Waals surface area contributed by atoms with Gasteiger partial charge in [0, 0.05) is 30.8 Å². The first kappa shape index (κ1) is 29.0. The lowest BCUT2D eigenvalue weighted by Gasteiger charge is -2.30. The highest BCUT2D eigenvalue weighted by Gasteiger charge is 2.49. The second kappa shape index (κ2) is 10.7. The van der Waals surface area contributed by atoms with Crippen molar-refractivity contribution in [1.82, 2.24) is 19.9 Å². The molecule has 2 aromatic heterocycles. The van der Waals surface area contributed by atoms with Crippen LogP contribution in [0.1, 0.15) is 38.2 Å². The van der Waals surface area contributed by atoms with Crippen LogP contribution in [0.25, 0.3) is 32.9 Å². The molecule has 2 unspecified atom stereocenters. The molecule has 3 saturated heterocycles. The lowest BCUT2D eigenvalue weighted by atomic mass is 9.94. The van der Waals surface area contributed by atoms with Crippen LogP contribution in [0.2, 0.25) is 0 Å². The number of nitrogens with zero attached hydrogens (tertiary/aromatic N) is 4. The number of aromatic hydroxyl groups is 1. The summed E-state index contributed by atoms with van der Waals surface area (Å²) in [5.74, 6) is -1.33. The van der Waals surface area contributed by atoms with E-state index in [1.165, 1.54) is 30.5 Å². The smallest absolute Gasteiger partial charge is 0.319 e. The van der Waals surface area contributed by atoms with Gasteiger partial charge in [0.25, 0.3) is 0 Å². The number of nitrogens with one attached hydrogen (secondary N) is 1. The predicted octanol–water partition coefficient (Wildman–Crippen LogP) is 4.95. The van der Waals surface area contributed by atoms with Gasteiger partial charge in [-0.15, -0.1) is 0 Å². The summed E-state index contributed by atoms with van der Waals surface area (Å²) < 4.78 is 76.2. The fraction of sp³-hybridized carbons (Fsp3) is 0.452. The molecule has 13 heteroatoms. The van der Waals surface area contributed by atoms with E-state index in [1.807, 2.05) is 0 Å². The summed E-state index contributed by atoms with van der Waals surface area (Å²) in [7, 11) is -3.22. The fourth-order valence-electron chi connectivity index (χ4n) is 7.18. The third-order valence-electron chi connectivity index (χ3n) is 9.23. The van der Waals surface area contributed by atoms with Gasteiger partial charge in [0.2, 0.25) is 0 Å². The number of pyridine rings is 1. The zero-order chi connectivity index (χ0) is 30.8. The van der Waals surface area contributed by atoms with Crippen LogP contribution in [0.4, 0.5) is 19.0 Å². The Kier molecular flexibility index (Phi) is 7.07. The quantitative estimate of drug-likeness (QED) is 0.294. The minimum absolute atomic E-state index is 0.0252. The van der Waals surface area contributed by atoms with Crippen LogP contribution in [0.3, 0.4) is 0 Å². The van der Waals surface area contributed by atoms with E-state index in [1.54, 1.807) is 6.92 Å². The van der Waals surface area contributed by atoms with Crippen molar-refractivity contribution in [2.75, 3.05) is 36.5 Å². The van der Waals surface area contributed by atoms with Gasteiger partial charge in [-0.1, -0.05) is 13.0 Å².